The SMILES string of the molecule is C/C1=C\CC[C@](C)(O)[C@H](O)C[C@H]2CC[C@@](C)(OC(=O)[C@H]2C)[C@H](O)CC1. The van der Waals surface area contributed by atoms with Gasteiger partial charge in [-0.1, -0.05) is 18.6 Å². The van der Waals surface area contributed by atoms with E-state index in [1.165, 1.54) is 0 Å². The molecule has 0 spiro atoms. The molecule has 1 aliphatic heterocycles. The van der Waals surface area contributed by atoms with Crippen molar-refractivity contribution >= 4 is 5.97 Å². The fourth-order valence-corrected chi connectivity index (χ4v) is 3.93. The van der Waals surface area contributed by atoms with Crippen molar-refractivity contribution < 1.29 is 24.9 Å². The molecule has 5 heteroatoms. The van der Waals surface area contributed by atoms with Crippen LogP contribution in [-0.4, -0.2) is 44.7 Å². The zero-order valence-corrected chi connectivity index (χ0v) is 16.0. The van der Waals surface area contributed by atoms with E-state index < -0.39 is 23.4 Å². The van der Waals surface area contributed by atoms with Gasteiger partial charge in [-0.05, 0) is 71.6 Å². The second-order valence-electron chi connectivity index (χ2n) is 8.57. The highest BCUT2D eigenvalue weighted by molar-refractivity contribution is 5.73. The summed E-state index contributed by atoms with van der Waals surface area (Å²) >= 11 is 0. The monoisotopic (exact) mass is 354 g/mol. The maximum absolute atomic E-state index is 12.5. The van der Waals surface area contributed by atoms with Crippen molar-refractivity contribution in [3.8, 4) is 0 Å². The van der Waals surface area contributed by atoms with Gasteiger partial charge >= 0.3 is 5.97 Å². The molecule has 1 aliphatic carbocycles. The summed E-state index contributed by atoms with van der Waals surface area (Å²) < 4.78 is 5.70. The first kappa shape index (κ1) is 20.4. The van der Waals surface area contributed by atoms with Crippen LogP contribution in [-0.2, 0) is 9.53 Å². The van der Waals surface area contributed by atoms with E-state index in [1.807, 2.05) is 20.8 Å². The number of carbonyl (C=O) groups is 1. The van der Waals surface area contributed by atoms with E-state index in [0.717, 1.165) is 12.0 Å². The first-order chi connectivity index (χ1) is 11.5. The summed E-state index contributed by atoms with van der Waals surface area (Å²) in [6, 6.07) is 0. The van der Waals surface area contributed by atoms with Gasteiger partial charge in [-0.2, -0.15) is 0 Å². The van der Waals surface area contributed by atoms with E-state index in [4.69, 9.17) is 4.74 Å². The van der Waals surface area contributed by atoms with Gasteiger partial charge in [0.15, 0.2) is 0 Å². The van der Waals surface area contributed by atoms with Gasteiger partial charge in [-0.25, -0.2) is 0 Å². The fourth-order valence-electron chi connectivity index (χ4n) is 3.93. The van der Waals surface area contributed by atoms with E-state index in [0.29, 0.717) is 38.5 Å². The third-order valence-electron chi connectivity index (χ3n) is 6.33. The summed E-state index contributed by atoms with van der Waals surface area (Å²) in [5, 5.41) is 31.9. The van der Waals surface area contributed by atoms with E-state index in [1.54, 1.807) is 6.92 Å². The lowest BCUT2D eigenvalue weighted by Gasteiger charge is -2.34. The average Bonchev–Trinajstić information content (AvgIpc) is 2.64. The number of rotatable bonds is 0. The van der Waals surface area contributed by atoms with Gasteiger partial charge in [0.2, 0.25) is 0 Å². The van der Waals surface area contributed by atoms with E-state index in [2.05, 4.69) is 6.08 Å². The Kier molecular flexibility index (Phi) is 6.34. The molecule has 2 aliphatic rings. The second-order valence-corrected chi connectivity index (χ2v) is 8.57. The van der Waals surface area contributed by atoms with Crippen LogP contribution in [0.2, 0.25) is 0 Å². The normalized spacial score (nSPS) is 46.5. The molecule has 2 rings (SSSR count). The lowest BCUT2D eigenvalue weighted by molar-refractivity contribution is -0.174. The minimum atomic E-state index is -1.18. The molecule has 0 radical (unpaired) electrons. The summed E-state index contributed by atoms with van der Waals surface area (Å²) in [5.41, 5.74) is -0.936. The van der Waals surface area contributed by atoms with Crippen molar-refractivity contribution in [1.82, 2.24) is 0 Å². The summed E-state index contributed by atoms with van der Waals surface area (Å²) in [5.74, 6) is -0.745. The molecule has 1 saturated heterocycles. The van der Waals surface area contributed by atoms with Crippen LogP contribution in [0.1, 0.15) is 72.6 Å². The van der Waals surface area contributed by atoms with Crippen molar-refractivity contribution in [2.24, 2.45) is 11.8 Å². The number of hydrogen-bond donors (Lipinski definition) is 3. The molecule has 0 aromatic rings. The molecule has 25 heavy (non-hydrogen) atoms. The van der Waals surface area contributed by atoms with Gasteiger partial charge in [-0.15, -0.1) is 0 Å². The largest absolute Gasteiger partial charge is 0.456 e. The molecule has 3 N–H and O–H groups in total. The Bertz CT molecular complexity index is 512. The molecule has 1 heterocycles. The quantitative estimate of drug-likeness (QED) is 0.460. The van der Waals surface area contributed by atoms with Gasteiger partial charge < -0.3 is 20.1 Å². The number of carbonyl (C=O) groups excluding carboxylic acids is 1. The van der Waals surface area contributed by atoms with Crippen molar-refractivity contribution in [1.29, 1.82) is 0 Å². The maximum atomic E-state index is 12.5. The second kappa shape index (κ2) is 7.77. The van der Waals surface area contributed by atoms with Gasteiger partial charge in [0, 0.05) is 0 Å². The minimum absolute atomic E-state index is 0.0665. The summed E-state index contributed by atoms with van der Waals surface area (Å²) in [7, 11) is 0. The van der Waals surface area contributed by atoms with Crippen molar-refractivity contribution in [2.45, 2.75) is 96.1 Å². The van der Waals surface area contributed by atoms with Crippen LogP contribution in [0.25, 0.3) is 0 Å². The van der Waals surface area contributed by atoms with Gasteiger partial charge in [0.25, 0.3) is 0 Å². The third-order valence-corrected chi connectivity index (χ3v) is 6.33. The Balaban J connectivity index is 2.31. The fraction of sp³-hybridized carbons (Fsp3) is 0.850. The minimum Gasteiger partial charge on any atom is -0.456 e. The third kappa shape index (κ3) is 4.83. The van der Waals surface area contributed by atoms with E-state index in [-0.39, 0.29) is 17.8 Å². The average molecular weight is 354 g/mol. The van der Waals surface area contributed by atoms with Crippen LogP contribution in [0.15, 0.2) is 11.6 Å². The molecule has 0 unspecified atom stereocenters. The molecular formula is C20H34O5. The maximum Gasteiger partial charge on any atom is 0.309 e. The van der Waals surface area contributed by atoms with Crippen LogP contribution >= 0.6 is 0 Å². The number of fused-ring (bicyclic) bond motifs is 3. The van der Waals surface area contributed by atoms with Crippen LogP contribution in [0.5, 0.6) is 0 Å². The molecule has 144 valence electrons. The van der Waals surface area contributed by atoms with Gasteiger partial charge in [-0.3, -0.25) is 4.79 Å². The number of aliphatic hydroxyl groups is 3. The van der Waals surface area contributed by atoms with Crippen molar-refractivity contribution in [3.05, 3.63) is 11.6 Å². The highest BCUT2D eigenvalue weighted by Crippen LogP contribution is 2.38. The topological polar surface area (TPSA) is 87.0 Å². The molecule has 2 bridgehead atoms. The smallest absolute Gasteiger partial charge is 0.309 e. The highest BCUT2D eigenvalue weighted by Gasteiger charge is 2.44. The number of esters is 1. The lowest BCUT2D eigenvalue weighted by atomic mass is 9.78. The van der Waals surface area contributed by atoms with Crippen LogP contribution in [0, 0.1) is 11.8 Å². The predicted molar refractivity (Wildman–Crippen MR) is 95.9 cm³/mol. The van der Waals surface area contributed by atoms with Crippen LogP contribution in [0.4, 0.5) is 0 Å². The first-order valence-corrected chi connectivity index (χ1v) is 9.52. The molecule has 6 atom stereocenters. The zero-order valence-electron chi connectivity index (χ0n) is 16.0. The molecule has 0 aromatic carbocycles. The molecular weight excluding hydrogens is 320 g/mol. The Labute approximate surface area is 151 Å². The summed E-state index contributed by atoms with van der Waals surface area (Å²) in [6.07, 6.45) is 4.48. The number of allylic oxidation sites excluding steroid dienone is 2. The molecule has 1 fully saturated rings. The number of aliphatic hydroxyl groups excluding tert-OH is 2. The Hall–Kier alpha value is -0.910. The number of hydrogen-bond acceptors (Lipinski definition) is 5. The Morgan fingerprint density at radius 3 is 2.52 bits per heavy atom. The van der Waals surface area contributed by atoms with E-state index >= 15 is 0 Å². The molecule has 0 aromatic heterocycles. The highest BCUT2D eigenvalue weighted by atomic mass is 16.6. The first-order valence-electron chi connectivity index (χ1n) is 9.52. The summed E-state index contributed by atoms with van der Waals surface area (Å²) in [4.78, 5) is 12.5. The Morgan fingerprint density at radius 2 is 1.84 bits per heavy atom. The Morgan fingerprint density at radius 1 is 1.16 bits per heavy atom. The van der Waals surface area contributed by atoms with E-state index in [9.17, 15) is 20.1 Å². The van der Waals surface area contributed by atoms with Gasteiger partial charge in [0.05, 0.1) is 23.7 Å². The van der Waals surface area contributed by atoms with Crippen molar-refractivity contribution in [2.75, 3.05) is 0 Å². The van der Waals surface area contributed by atoms with Crippen molar-refractivity contribution in [3.63, 3.8) is 0 Å². The van der Waals surface area contributed by atoms with Crippen LogP contribution in [0.3, 0.4) is 0 Å². The summed E-state index contributed by atoms with van der Waals surface area (Å²) in [6.45, 7) is 7.29. The number of ether oxygens (including phenoxy) is 1. The van der Waals surface area contributed by atoms with Gasteiger partial charge in [0.1, 0.15) is 5.60 Å². The molecule has 0 amide bonds. The standard InChI is InChI=1S/C20H34O5/c1-13-6-5-10-19(3,24)17(22)12-15-9-11-20(4,16(21)8-7-13)25-18(23)14(15)2/h6,14-17,21-22,24H,5,7-12H2,1-4H3/b13-6+/t14-,15+,16+,17+,19-,20+/m0/s1. The zero-order chi connectivity index (χ0) is 18.8. The van der Waals surface area contributed by atoms with Crippen LogP contribution < -0.4 is 0 Å². The molecule has 5 nitrogen and oxygen atoms in total. The molecule has 0 saturated carbocycles. The lowest BCUT2D eigenvalue weighted by Crippen LogP contribution is -2.43. The predicted octanol–water partition coefficient (Wildman–Crippen LogP) is 2.72.